The number of aliphatic carboxylic acids is 1. The predicted molar refractivity (Wildman–Crippen MR) is 49.2 cm³/mol. The van der Waals surface area contributed by atoms with Crippen molar-refractivity contribution in [3.8, 4) is 0 Å². The summed E-state index contributed by atoms with van der Waals surface area (Å²) in [5.41, 5.74) is 1.16. The minimum absolute atomic E-state index is 0.271. The SMILES string of the molecule is CC(CCC1=CC=COC1)C(=O)O. The van der Waals surface area contributed by atoms with E-state index < -0.39 is 5.97 Å². The second kappa shape index (κ2) is 4.70. The van der Waals surface area contributed by atoms with Gasteiger partial charge in [0.15, 0.2) is 0 Å². The van der Waals surface area contributed by atoms with Gasteiger partial charge in [-0.3, -0.25) is 4.79 Å². The van der Waals surface area contributed by atoms with Crippen molar-refractivity contribution < 1.29 is 14.6 Å². The molecule has 1 unspecified atom stereocenters. The largest absolute Gasteiger partial charge is 0.497 e. The molecule has 0 radical (unpaired) electrons. The maximum atomic E-state index is 10.5. The van der Waals surface area contributed by atoms with E-state index in [1.165, 1.54) is 0 Å². The van der Waals surface area contributed by atoms with Crippen LogP contribution in [0, 0.1) is 5.92 Å². The Morgan fingerprint density at radius 3 is 3.08 bits per heavy atom. The van der Waals surface area contributed by atoms with Crippen molar-refractivity contribution in [3.05, 3.63) is 24.0 Å². The zero-order valence-electron chi connectivity index (χ0n) is 7.69. The monoisotopic (exact) mass is 182 g/mol. The van der Waals surface area contributed by atoms with Crippen molar-refractivity contribution in [1.82, 2.24) is 0 Å². The predicted octanol–water partition coefficient (Wildman–Crippen LogP) is 1.96. The van der Waals surface area contributed by atoms with E-state index in [1.54, 1.807) is 13.2 Å². The van der Waals surface area contributed by atoms with Crippen LogP contribution in [0.5, 0.6) is 0 Å². The Bertz CT molecular complexity index is 241. The molecule has 0 bridgehead atoms. The molecular formula is C10H14O3. The highest BCUT2D eigenvalue weighted by atomic mass is 16.5. The summed E-state index contributed by atoms with van der Waals surface area (Å²) >= 11 is 0. The van der Waals surface area contributed by atoms with E-state index >= 15 is 0 Å². The number of carbonyl (C=O) groups is 1. The van der Waals surface area contributed by atoms with Crippen LogP contribution in [0.15, 0.2) is 24.0 Å². The fourth-order valence-corrected chi connectivity index (χ4v) is 1.12. The Kier molecular flexibility index (Phi) is 3.55. The Morgan fingerprint density at radius 1 is 1.77 bits per heavy atom. The minimum Gasteiger partial charge on any atom is -0.497 e. The van der Waals surface area contributed by atoms with E-state index in [1.807, 2.05) is 12.2 Å². The normalized spacial score (nSPS) is 17.5. The molecule has 0 fully saturated rings. The van der Waals surface area contributed by atoms with E-state index in [2.05, 4.69) is 0 Å². The molecule has 0 amide bonds. The molecule has 3 heteroatoms. The average molecular weight is 182 g/mol. The van der Waals surface area contributed by atoms with Crippen LogP contribution in [0.3, 0.4) is 0 Å². The fraction of sp³-hybridized carbons (Fsp3) is 0.500. The van der Waals surface area contributed by atoms with Gasteiger partial charge in [-0.15, -0.1) is 0 Å². The lowest BCUT2D eigenvalue weighted by Gasteiger charge is -2.11. The van der Waals surface area contributed by atoms with E-state index in [4.69, 9.17) is 9.84 Å². The van der Waals surface area contributed by atoms with E-state index in [0.717, 1.165) is 12.0 Å². The summed E-state index contributed by atoms with van der Waals surface area (Å²) in [5, 5.41) is 8.65. The van der Waals surface area contributed by atoms with Gasteiger partial charge in [0.2, 0.25) is 0 Å². The van der Waals surface area contributed by atoms with Crippen molar-refractivity contribution in [2.24, 2.45) is 5.92 Å². The standard InChI is InChI=1S/C10H14O3/c1-8(10(11)12)4-5-9-3-2-6-13-7-9/h2-3,6,8H,4-5,7H2,1H3,(H,11,12). The third-order valence-electron chi connectivity index (χ3n) is 2.10. The van der Waals surface area contributed by atoms with Crippen molar-refractivity contribution in [2.75, 3.05) is 6.61 Å². The number of allylic oxidation sites excluding steroid dienone is 2. The number of rotatable bonds is 4. The fourth-order valence-electron chi connectivity index (χ4n) is 1.12. The van der Waals surface area contributed by atoms with Crippen LogP contribution in [-0.2, 0) is 9.53 Å². The van der Waals surface area contributed by atoms with Gasteiger partial charge < -0.3 is 9.84 Å². The first-order valence-electron chi connectivity index (χ1n) is 4.39. The average Bonchev–Trinajstić information content (AvgIpc) is 2.15. The van der Waals surface area contributed by atoms with Crippen LogP contribution in [0.2, 0.25) is 0 Å². The number of hydrogen-bond donors (Lipinski definition) is 1. The third-order valence-corrected chi connectivity index (χ3v) is 2.10. The van der Waals surface area contributed by atoms with Gasteiger partial charge in [0.05, 0.1) is 12.2 Å². The lowest BCUT2D eigenvalue weighted by Crippen LogP contribution is -2.10. The highest BCUT2D eigenvalue weighted by Crippen LogP contribution is 2.14. The molecule has 72 valence electrons. The first-order chi connectivity index (χ1) is 6.20. The summed E-state index contributed by atoms with van der Waals surface area (Å²) in [5.74, 6) is -1.00. The molecule has 1 N–H and O–H groups in total. The molecule has 0 spiro atoms. The summed E-state index contributed by atoms with van der Waals surface area (Å²) in [7, 11) is 0. The van der Waals surface area contributed by atoms with Crippen molar-refractivity contribution >= 4 is 5.97 Å². The highest BCUT2D eigenvalue weighted by molar-refractivity contribution is 5.69. The number of carboxylic acids is 1. The highest BCUT2D eigenvalue weighted by Gasteiger charge is 2.11. The molecule has 1 aliphatic rings. The Labute approximate surface area is 77.7 Å². The third kappa shape index (κ3) is 3.32. The first-order valence-corrected chi connectivity index (χ1v) is 4.39. The quantitative estimate of drug-likeness (QED) is 0.722. The van der Waals surface area contributed by atoms with Crippen LogP contribution in [0.1, 0.15) is 19.8 Å². The summed E-state index contributed by atoms with van der Waals surface area (Å²) < 4.78 is 5.08. The maximum absolute atomic E-state index is 10.5. The molecule has 0 aromatic rings. The second-order valence-corrected chi connectivity index (χ2v) is 3.24. The molecule has 1 heterocycles. The summed E-state index contributed by atoms with van der Waals surface area (Å²) in [6, 6.07) is 0. The van der Waals surface area contributed by atoms with Gasteiger partial charge in [-0.2, -0.15) is 0 Å². The molecule has 0 aromatic heterocycles. The van der Waals surface area contributed by atoms with Crippen LogP contribution in [-0.4, -0.2) is 17.7 Å². The molecule has 0 saturated carbocycles. The molecular weight excluding hydrogens is 168 g/mol. The van der Waals surface area contributed by atoms with Gasteiger partial charge in [0, 0.05) is 0 Å². The van der Waals surface area contributed by atoms with Crippen LogP contribution >= 0.6 is 0 Å². The van der Waals surface area contributed by atoms with Gasteiger partial charge in [-0.25, -0.2) is 0 Å². The molecule has 0 aliphatic carbocycles. The topological polar surface area (TPSA) is 46.5 Å². The maximum Gasteiger partial charge on any atom is 0.306 e. The molecule has 3 nitrogen and oxygen atoms in total. The lowest BCUT2D eigenvalue weighted by molar-refractivity contribution is -0.141. The Balaban J connectivity index is 2.29. The second-order valence-electron chi connectivity index (χ2n) is 3.24. The molecule has 0 aromatic carbocycles. The molecule has 1 atom stereocenters. The van der Waals surface area contributed by atoms with Gasteiger partial charge in [-0.1, -0.05) is 13.0 Å². The van der Waals surface area contributed by atoms with Gasteiger partial charge in [0.25, 0.3) is 0 Å². The smallest absolute Gasteiger partial charge is 0.306 e. The molecule has 13 heavy (non-hydrogen) atoms. The van der Waals surface area contributed by atoms with Crippen LogP contribution in [0.25, 0.3) is 0 Å². The number of carboxylic acid groups (broad SMARTS) is 1. The van der Waals surface area contributed by atoms with E-state index in [-0.39, 0.29) is 5.92 Å². The lowest BCUT2D eigenvalue weighted by atomic mass is 10.0. The zero-order valence-corrected chi connectivity index (χ0v) is 7.69. The van der Waals surface area contributed by atoms with Gasteiger partial charge >= 0.3 is 5.97 Å². The number of hydrogen-bond acceptors (Lipinski definition) is 2. The van der Waals surface area contributed by atoms with Crippen molar-refractivity contribution in [1.29, 1.82) is 0 Å². The van der Waals surface area contributed by atoms with E-state index in [0.29, 0.717) is 13.0 Å². The molecule has 0 saturated heterocycles. The Hall–Kier alpha value is -1.25. The minimum atomic E-state index is -0.729. The first kappa shape index (κ1) is 9.84. The zero-order chi connectivity index (χ0) is 9.68. The van der Waals surface area contributed by atoms with Gasteiger partial charge in [-0.05, 0) is 24.5 Å². The van der Waals surface area contributed by atoms with Gasteiger partial charge in [0.1, 0.15) is 6.61 Å². The van der Waals surface area contributed by atoms with Crippen LogP contribution in [0.4, 0.5) is 0 Å². The number of ether oxygens (including phenoxy) is 1. The van der Waals surface area contributed by atoms with Crippen LogP contribution < -0.4 is 0 Å². The summed E-state index contributed by atoms with van der Waals surface area (Å²) in [6.07, 6.45) is 6.95. The summed E-state index contributed by atoms with van der Waals surface area (Å²) in [4.78, 5) is 10.5. The Morgan fingerprint density at radius 2 is 2.54 bits per heavy atom. The summed E-state index contributed by atoms with van der Waals surface area (Å²) in [6.45, 7) is 2.32. The molecule has 1 rings (SSSR count). The molecule has 1 aliphatic heterocycles. The van der Waals surface area contributed by atoms with E-state index in [9.17, 15) is 4.79 Å². The van der Waals surface area contributed by atoms with Crippen molar-refractivity contribution in [3.63, 3.8) is 0 Å². The van der Waals surface area contributed by atoms with Crippen molar-refractivity contribution in [2.45, 2.75) is 19.8 Å².